The Morgan fingerprint density at radius 1 is 0.733 bits per heavy atom. The fourth-order valence-electron chi connectivity index (χ4n) is 5.53. The first-order valence-corrected chi connectivity index (χ1v) is 11.4. The Morgan fingerprint density at radius 3 is 1.93 bits per heavy atom. The van der Waals surface area contributed by atoms with Crippen molar-refractivity contribution in [3.05, 3.63) is 77.4 Å². The number of hydrogen-bond acceptors (Lipinski definition) is 0. The highest BCUT2D eigenvalue weighted by molar-refractivity contribution is 5.90. The second-order valence-electron chi connectivity index (χ2n) is 10.5. The average molecular weight is 399 g/mol. The lowest BCUT2D eigenvalue weighted by molar-refractivity contribution is -0.513. The summed E-state index contributed by atoms with van der Waals surface area (Å²) in [5.74, 6) is 0.986. The molecule has 0 saturated carbocycles. The van der Waals surface area contributed by atoms with E-state index in [4.69, 9.17) is 0 Å². The standard InChI is InChI=1S/C29H36N/c1-20(2)23-15-11-16-24(21(3)4)27(23)30-19-29(7,18-28(30,5)6)26-17-10-13-22-12-8-9-14-25(22)26/h8-17,19-21H,18H2,1-7H3/q+1/t29-/m0/s1. The molecule has 156 valence electrons. The molecule has 0 aromatic heterocycles. The Labute approximate surface area is 182 Å². The number of rotatable bonds is 4. The van der Waals surface area contributed by atoms with Crippen molar-refractivity contribution in [3.8, 4) is 0 Å². The van der Waals surface area contributed by atoms with Crippen LogP contribution in [0.3, 0.4) is 0 Å². The Morgan fingerprint density at radius 2 is 1.30 bits per heavy atom. The molecule has 0 fully saturated rings. The third-order valence-corrected chi connectivity index (χ3v) is 6.85. The van der Waals surface area contributed by atoms with Crippen molar-refractivity contribution in [1.82, 2.24) is 0 Å². The molecule has 0 unspecified atom stereocenters. The molecular formula is C29H36N+. The summed E-state index contributed by atoms with van der Waals surface area (Å²) in [6.07, 6.45) is 3.62. The van der Waals surface area contributed by atoms with Crippen LogP contribution in [-0.2, 0) is 5.41 Å². The van der Waals surface area contributed by atoms with E-state index < -0.39 is 0 Å². The summed E-state index contributed by atoms with van der Waals surface area (Å²) in [4.78, 5) is 0. The van der Waals surface area contributed by atoms with Crippen molar-refractivity contribution in [3.63, 3.8) is 0 Å². The van der Waals surface area contributed by atoms with Crippen molar-refractivity contribution in [2.24, 2.45) is 0 Å². The molecule has 0 radical (unpaired) electrons. The van der Waals surface area contributed by atoms with Gasteiger partial charge in [-0.3, -0.25) is 0 Å². The van der Waals surface area contributed by atoms with Crippen LogP contribution in [0.1, 0.15) is 83.4 Å². The van der Waals surface area contributed by atoms with Gasteiger partial charge in [0.15, 0.2) is 11.8 Å². The smallest absolute Gasteiger partial charge is 0.196 e. The van der Waals surface area contributed by atoms with Crippen molar-refractivity contribution in [2.45, 2.75) is 77.7 Å². The highest BCUT2D eigenvalue weighted by Gasteiger charge is 2.51. The van der Waals surface area contributed by atoms with E-state index in [0.29, 0.717) is 11.8 Å². The molecular weight excluding hydrogens is 362 g/mol. The van der Waals surface area contributed by atoms with Gasteiger partial charge in [0.1, 0.15) is 0 Å². The number of hydrogen-bond donors (Lipinski definition) is 0. The quantitative estimate of drug-likeness (QED) is 0.392. The summed E-state index contributed by atoms with van der Waals surface area (Å²) in [5, 5.41) is 2.70. The maximum atomic E-state index is 2.61. The normalized spacial score (nSPS) is 20.9. The molecule has 0 aliphatic carbocycles. The molecule has 30 heavy (non-hydrogen) atoms. The minimum Gasteiger partial charge on any atom is -0.196 e. The predicted octanol–water partition coefficient (Wildman–Crippen LogP) is 7.94. The minimum atomic E-state index is -0.0112. The minimum absolute atomic E-state index is 0.0112. The van der Waals surface area contributed by atoms with E-state index in [0.717, 1.165) is 6.42 Å². The van der Waals surface area contributed by atoms with Gasteiger partial charge in [0.25, 0.3) is 0 Å². The topological polar surface area (TPSA) is 3.01 Å². The van der Waals surface area contributed by atoms with Gasteiger partial charge in [-0.2, -0.15) is 4.58 Å². The van der Waals surface area contributed by atoms with Gasteiger partial charge in [0.05, 0.1) is 5.41 Å². The second-order valence-corrected chi connectivity index (χ2v) is 10.5. The maximum Gasteiger partial charge on any atom is 0.212 e. The highest BCUT2D eigenvalue weighted by Crippen LogP contribution is 2.46. The molecule has 0 saturated heterocycles. The summed E-state index contributed by atoms with van der Waals surface area (Å²) < 4.78 is 2.61. The highest BCUT2D eigenvalue weighted by atomic mass is 15.1. The van der Waals surface area contributed by atoms with E-state index in [9.17, 15) is 0 Å². The van der Waals surface area contributed by atoms with Gasteiger partial charge >= 0.3 is 0 Å². The zero-order valence-corrected chi connectivity index (χ0v) is 19.7. The SMILES string of the molecule is CC(C)c1cccc(C(C)C)c1[N+]1=C[C@@](C)(c2cccc3ccccc23)CC1(C)C. The molecule has 1 nitrogen and oxygen atoms in total. The number of fused-ring (bicyclic) bond motifs is 1. The van der Waals surface area contributed by atoms with Crippen molar-refractivity contribution in [1.29, 1.82) is 0 Å². The van der Waals surface area contributed by atoms with Crippen LogP contribution in [0.2, 0.25) is 0 Å². The first-order chi connectivity index (χ1) is 14.1. The van der Waals surface area contributed by atoms with Gasteiger partial charge in [0, 0.05) is 31.4 Å². The third-order valence-electron chi connectivity index (χ3n) is 6.85. The molecule has 0 bridgehead atoms. The molecule has 1 aliphatic rings. The van der Waals surface area contributed by atoms with Crippen LogP contribution in [0.5, 0.6) is 0 Å². The third kappa shape index (κ3) is 3.39. The Bertz CT molecular complexity index is 1080. The van der Waals surface area contributed by atoms with E-state index in [2.05, 4.69) is 120 Å². The van der Waals surface area contributed by atoms with Crippen LogP contribution in [0.15, 0.2) is 60.7 Å². The first-order valence-electron chi connectivity index (χ1n) is 11.4. The zero-order chi connectivity index (χ0) is 21.7. The maximum absolute atomic E-state index is 2.61. The van der Waals surface area contributed by atoms with Crippen LogP contribution < -0.4 is 0 Å². The van der Waals surface area contributed by atoms with Crippen LogP contribution in [-0.4, -0.2) is 16.3 Å². The number of para-hydroxylation sites is 1. The molecule has 3 aromatic carbocycles. The predicted molar refractivity (Wildman–Crippen MR) is 131 cm³/mol. The summed E-state index contributed by atoms with van der Waals surface area (Å²) in [6.45, 7) is 16.5. The van der Waals surface area contributed by atoms with E-state index in [1.807, 2.05) is 0 Å². The first kappa shape index (κ1) is 20.8. The van der Waals surface area contributed by atoms with Gasteiger partial charge in [-0.1, -0.05) is 88.4 Å². The lowest BCUT2D eigenvalue weighted by atomic mass is 9.75. The second kappa shape index (κ2) is 7.38. The lowest BCUT2D eigenvalue weighted by Crippen LogP contribution is -2.31. The summed E-state index contributed by atoms with van der Waals surface area (Å²) in [5.41, 5.74) is 5.80. The van der Waals surface area contributed by atoms with Crippen molar-refractivity contribution in [2.75, 3.05) is 0 Å². The molecule has 0 N–H and O–H groups in total. The fourth-order valence-corrected chi connectivity index (χ4v) is 5.53. The Balaban J connectivity index is 1.97. The van der Waals surface area contributed by atoms with Gasteiger partial charge in [0.2, 0.25) is 5.69 Å². The molecule has 3 aromatic rings. The van der Waals surface area contributed by atoms with Gasteiger partial charge in [-0.15, -0.1) is 0 Å². The summed E-state index contributed by atoms with van der Waals surface area (Å²) in [6, 6.07) is 22.5. The van der Waals surface area contributed by atoms with Crippen molar-refractivity contribution < 1.29 is 4.58 Å². The summed E-state index contributed by atoms with van der Waals surface area (Å²) >= 11 is 0. The van der Waals surface area contributed by atoms with Crippen LogP contribution >= 0.6 is 0 Å². The average Bonchev–Trinajstić information content (AvgIpc) is 2.96. The molecule has 4 rings (SSSR count). The zero-order valence-electron chi connectivity index (χ0n) is 19.7. The van der Waals surface area contributed by atoms with E-state index in [1.165, 1.54) is 33.2 Å². The molecule has 1 heteroatoms. The number of benzene rings is 3. The van der Waals surface area contributed by atoms with E-state index >= 15 is 0 Å². The van der Waals surface area contributed by atoms with Crippen LogP contribution in [0, 0.1) is 0 Å². The van der Waals surface area contributed by atoms with Crippen molar-refractivity contribution >= 4 is 22.7 Å². The lowest BCUT2D eigenvalue weighted by Gasteiger charge is -2.25. The fraction of sp³-hybridized carbons (Fsp3) is 0.414. The molecule has 1 heterocycles. The molecule has 0 amide bonds. The van der Waals surface area contributed by atoms with Crippen LogP contribution in [0.25, 0.3) is 10.8 Å². The van der Waals surface area contributed by atoms with Gasteiger partial charge in [-0.25, -0.2) is 0 Å². The van der Waals surface area contributed by atoms with E-state index in [-0.39, 0.29) is 11.0 Å². The largest absolute Gasteiger partial charge is 0.212 e. The van der Waals surface area contributed by atoms with Gasteiger partial charge in [-0.05, 0) is 35.1 Å². The monoisotopic (exact) mass is 398 g/mol. The molecule has 0 spiro atoms. The van der Waals surface area contributed by atoms with Crippen LogP contribution in [0.4, 0.5) is 5.69 Å². The van der Waals surface area contributed by atoms with E-state index in [1.54, 1.807) is 0 Å². The Hall–Kier alpha value is -2.41. The Kier molecular flexibility index (Phi) is 5.12. The molecule has 1 atom stereocenters. The van der Waals surface area contributed by atoms with Gasteiger partial charge < -0.3 is 0 Å². The number of nitrogens with zero attached hydrogens (tertiary/aromatic N) is 1. The summed E-state index contributed by atoms with van der Waals surface area (Å²) in [7, 11) is 0. The molecule has 1 aliphatic heterocycles.